The molecule has 2 unspecified atom stereocenters. The van der Waals surface area contributed by atoms with Gasteiger partial charge in [-0.3, -0.25) is 9.59 Å². The zero-order valence-electron chi connectivity index (χ0n) is 28.9. The van der Waals surface area contributed by atoms with Gasteiger partial charge in [-0.25, -0.2) is 0 Å². The molecule has 0 saturated heterocycles. The number of rotatable bonds is 30. The quantitative estimate of drug-likeness (QED) is 0.0404. The lowest BCUT2D eigenvalue weighted by atomic mass is 10.1. The lowest BCUT2D eigenvalue weighted by Crippen LogP contribution is -2.23. The molecule has 0 aromatic rings. The zero-order valence-corrected chi connectivity index (χ0v) is 33.8. The van der Waals surface area contributed by atoms with Gasteiger partial charge in [-0.2, -0.15) is 0 Å². The highest BCUT2D eigenvalue weighted by molar-refractivity contribution is 8.48. The lowest BCUT2D eigenvalue weighted by molar-refractivity contribution is -0.140. The van der Waals surface area contributed by atoms with Crippen LogP contribution in [0.4, 0.5) is 0 Å². The fraction of sp³-hybridized carbons (Fsp3) is 0.886. The van der Waals surface area contributed by atoms with E-state index in [-0.39, 0.29) is 22.4 Å². The normalized spacial score (nSPS) is 12.5. The molecule has 0 fully saturated rings. The molecular formula is C35H64O4S6. The van der Waals surface area contributed by atoms with Gasteiger partial charge in [-0.05, 0) is 37.2 Å². The molecule has 0 heterocycles. The Balaban J connectivity index is 4.26. The summed E-state index contributed by atoms with van der Waals surface area (Å²) < 4.78 is 11.7. The number of thiocarbonyl (C=S) groups is 2. The van der Waals surface area contributed by atoms with Gasteiger partial charge in [-0.15, -0.1) is 23.5 Å². The van der Waals surface area contributed by atoms with Crippen molar-refractivity contribution in [2.45, 2.75) is 172 Å². The third-order valence-electron chi connectivity index (χ3n) is 7.77. The number of methoxy groups -OCH3 is 2. The third kappa shape index (κ3) is 29.2. The number of unbranched alkanes of at least 4 members (excludes halogenated alkanes) is 18. The Kier molecular flexibility index (Phi) is 34.8. The van der Waals surface area contributed by atoms with Crippen LogP contribution in [0.25, 0.3) is 0 Å². The van der Waals surface area contributed by atoms with Gasteiger partial charge in [0, 0.05) is 0 Å². The fourth-order valence-corrected chi connectivity index (χ4v) is 10.4. The van der Waals surface area contributed by atoms with Crippen LogP contribution in [0.2, 0.25) is 0 Å². The van der Waals surface area contributed by atoms with Crippen LogP contribution in [0.1, 0.15) is 162 Å². The van der Waals surface area contributed by atoms with Crippen molar-refractivity contribution in [1.82, 2.24) is 0 Å². The molecule has 4 nitrogen and oxygen atoms in total. The van der Waals surface area contributed by atoms with Crippen LogP contribution < -0.4 is 0 Å². The second kappa shape index (κ2) is 34.4. The zero-order chi connectivity index (χ0) is 33.4. The SMILES string of the molecule is CCCCCCCCCCCCSC(=S)SC(CCCC(SC(=S)SCCCCCCCCCCCC)C(=O)OC)C(=O)OC. The number of esters is 2. The number of ether oxygens (including phenoxy) is 2. The van der Waals surface area contributed by atoms with Crippen molar-refractivity contribution in [2.24, 2.45) is 0 Å². The summed E-state index contributed by atoms with van der Waals surface area (Å²) in [5.41, 5.74) is 0. The molecule has 0 aliphatic carbocycles. The van der Waals surface area contributed by atoms with Crippen molar-refractivity contribution in [2.75, 3.05) is 25.7 Å². The van der Waals surface area contributed by atoms with E-state index in [2.05, 4.69) is 13.8 Å². The number of hydrogen-bond donors (Lipinski definition) is 0. The first-order chi connectivity index (χ1) is 21.9. The maximum atomic E-state index is 12.5. The minimum atomic E-state index is -0.358. The Hall–Kier alpha value is 0.520. The van der Waals surface area contributed by atoms with E-state index >= 15 is 0 Å². The number of carbonyl (C=O) groups is 2. The van der Waals surface area contributed by atoms with E-state index in [1.165, 1.54) is 153 Å². The van der Waals surface area contributed by atoms with E-state index < -0.39 is 0 Å². The first-order valence-electron chi connectivity index (χ1n) is 17.7. The predicted octanol–water partition coefficient (Wildman–Crippen LogP) is 12.6. The minimum Gasteiger partial charge on any atom is -0.468 e. The average Bonchev–Trinajstić information content (AvgIpc) is 3.04. The topological polar surface area (TPSA) is 52.6 Å². The molecule has 0 N–H and O–H groups in total. The number of thioether (sulfide) groups is 4. The van der Waals surface area contributed by atoms with Crippen LogP contribution >= 0.6 is 71.5 Å². The molecule has 0 aliphatic rings. The molecule has 0 radical (unpaired) electrons. The number of carbonyl (C=O) groups excluding carboxylic acids is 2. The van der Waals surface area contributed by atoms with Gasteiger partial charge in [-0.1, -0.05) is 184 Å². The van der Waals surface area contributed by atoms with Crippen LogP contribution in [-0.4, -0.2) is 55.2 Å². The molecule has 0 amide bonds. The van der Waals surface area contributed by atoms with Gasteiger partial charge in [0.25, 0.3) is 0 Å². The Morgan fingerprint density at radius 3 is 1.07 bits per heavy atom. The summed E-state index contributed by atoms with van der Waals surface area (Å²) in [5.74, 6) is 1.47. The Labute approximate surface area is 305 Å². The van der Waals surface area contributed by atoms with E-state index in [0.717, 1.165) is 31.4 Å². The molecule has 0 rings (SSSR count). The molecular weight excluding hydrogens is 677 g/mol. The molecule has 0 spiro atoms. The van der Waals surface area contributed by atoms with Gasteiger partial charge >= 0.3 is 11.9 Å². The molecule has 10 heteroatoms. The summed E-state index contributed by atoms with van der Waals surface area (Å²) in [6.45, 7) is 4.52. The summed E-state index contributed by atoms with van der Waals surface area (Å²) in [4.78, 5) is 25.0. The highest BCUT2D eigenvalue weighted by atomic mass is 32.2. The average molecular weight is 741 g/mol. The highest BCUT2D eigenvalue weighted by Crippen LogP contribution is 2.31. The van der Waals surface area contributed by atoms with Gasteiger partial charge in [0.2, 0.25) is 0 Å². The summed E-state index contributed by atoms with van der Waals surface area (Å²) in [6.07, 6.45) is 28.2. The summed E-state index contributed by atoms with van der Waals surface area (Å²) in [7, 11) is 2.85. The van der Waals surface area contributed by atoms with Crippen LogP contribution in [-0.2, 0) is 19.1 Å². The predicted molar refractivity (Wildman–Crippen MR) is 214 cm³/mol. The van der Waals surface area contributed by atoms with Crippen molar-refractivity contribution < 1.29 is 19.1 Å². The molecule has 0 aromatic heterocycles. The standard InChI is InChI=1S/C35H64O4S6/c1-5-7-9-11-13-15-17-19-21-23-28-42-34(40)44-30(32(36)38-3)26-25-27-31(33(37)39-4)45-35(41)43-29-24-22-20-18-16-14-12-10-8-6-2/h30-31H,5-29H2,1-4H3. The van der Waals surface area contributed by atoms with Crippen molar-refractivity contribution in [3.63, 3.8) is 0 Å². The number of hydrogen-bond acceptors (Lipinski definition) is 10. The maximum absolute atomic E-state index is 12.5. The first-order valence-corrected chi connectivity index (χ1v) is 22.3. The monoisotopic (exact) mass is 740 g/mol. The first kappa shape index (κ1) is 45.5. The molecule has 0 aromatic carbocycles. The Morgan fingerprint density at radius 1 is 0.489 bits per heavy atom. The second-order valence-corrected chi connectivity index (χ2v) is 18.8. The summed E-state index contributed by atoms with van der Waals surface area (Å²) in [6, 6.07) is 0. The highest BCUT2D eigenvalue weighted by Gasteiger charge is 2.26. The van der Waals surface area contributed by atoms with Crippen LogP contribution in [0.5, 0.6) is 0 Å². The van der Waals surface area contributed by atoms with Crippen molar-refractivity contribution in [3.8, 4) is 0 Å². The Bertz CT molecular complexity index is 692. The van der Waals surface area contributed by atoms with Gasteiger partial charge < -0.3 is 9.47 Å². The fourth-order valence-electron chi connectivity index (χ4n) is 4.99. The summed E-state index contributed by atoms with van der Waals surface area (Å²) in [5, 5.41) is -0.715. The molecule has 2 atom stereocenters. The summed E-state index contributed by atoms with van der Waals surface area (Å²) >= 11 is 17.4. The van der Waals surface area contributed by atoms with E-state index in [0.29, 0.717) is 19.3 Å². The van der Waals surface area contributed by atoms with Crippen molar-refractivity contribution in [1.29, 1.82) is 0 Å². The van der Waals surface area contributed by atoms with E-state index in [1.807, 2.05) is 0 Å². The molecule has 0 saturated carbocycles. The van der Waals surface area contributed by atoms with Gasteiger partial charge in [0.05, 0.1) is 14.2 Å². The minimum absolute atomic E-state index is 0.258. The smallest absolute Gasteiger partial charge is 0.319 e. The largest absolute Gasteiger partial charge is 0.468 e. The van der Waals surface area contributed by atoms with Gasteiger partial charge in [0.1, 0.15) is 17.6 Å². The molecule has 0 aliphatic heterocycles. The van der Waals surface area contributed by atoms with Crippen LogP contribution in [0, 0.1) is 0 Å². The van der Waals surface area contributed by atoms with Crippen molar-refractivity contribution in [3.05, 3.63) is 0 Å². The second-order valence-electron chi connectivity index (χ2n) is 11.8. The molecule has 45 heavy (non-hydrogen) atoms. The molecule has 0 bridgehead atoms. The third-order valence-corrected chi connectivity index (χ3v) is 13.6. The molecule has 264 valence electrons. The van der Waals surface area contributed by atoms with Crippen molar-refractivity contribution >= 4 is 90.5 Å². The maximum Gasteiger partial charge on any atom is 0.319 e. The van der Waals surface area contributed by atoms with E-state index in [1.54, 1.807) is 23.5 Å². The van der Waals surface area contributed by atoms with Crippen LogP contribution in [0.3, 0.4) is 0 Å². The van der Waals surface area contributed by atoms with Crippen LogP contribution in [0.15, 0.2) is 0 Å². The lowest BCUT2D eigenvalue weighted by Gasteiger charge is -2.17. The van der Waals surface area contributed by atoms with E-state index in [9.17, 15) is 9.59 Å². The van der Waals surface area contributed by atoms with E-state index in [4.69, 9.17) is 33.9 Å². The Morgan fingerprint density at radius 2 is 0.778 bits per heavy atom. The van der Waals surface area contributed by atoms with Gasteiger partial charge in [0.15, 0.2) is 0 Å².